The van der Waals surface area contributed by atoms with Crippen molar-refractivity contribution in [3.63, 3.8) is 0 Å². The van der Waals surface area contributed by atoms with Gasteiger partial charge in [-0.05, 0) is 56.1 Å². The minimum atomic E-state index is -0.119. The Morgan fingerprint density at radius 2 is 2.19 bits per heavy atom. The number of carbonyl (C=O) groups excluding carboxylic acids is 1. The SMILES string of the molecule is CCOC(=O)C1CCCCN1Cc1c(Br)c(C)nn1CC. The lowest BCUT2D eigenvalue weighted by Crippen LogP contribution is -2.45. The van der Waals surface area contributed by atoms with Crippen LogP contribution in [0.3, 0.4) is 0 Å². The van der Waals surface area contributed by atoms with Gasteiger partial charge in [0.2, 0.25) is 0 Å². The first-order valence-electron chi connectivity index (χ1n) is 7.70. The van der Waals surface area contributed by atoms with E-state index in [9.17, 15) is 4.79 Å². The van der Waals surface area contributed by atoms with Gasteiger partial charge in [0.05, 0.1) is 22.5 Å². The largest absolute Gasteiger partial charge is 0.465 e. The number of hydrogen-bond acceptors (Lipinski definition) is 4. The molecule has 1 aromatic rings. The number of hydrogen-bond donors (Lipinski definition) is 0. The van der Waals surface area contributed by atoms with Crippen LogP contribution in [0.1, 0.15) is 44.5 Å². The molecule has 1 atom stereocenters. The first-order chi connectivity index (χ1) is 10.1. The Morgan fingerprint density at radius 3 is 2.86 bits per heavy atom. The Morgan fingerprint density at radius 1 is 1.43 bits per heavy atom. The highest BCUT2D eigenvalue weighted by Gasteiger charge is 2.31. The Hall–Kier alpha value is -0.880. The van der Waals surface area contributed by atoms with Crippen LogP contribution in [0.25, 0.3) is 0 Å². The average molecular weight is 358 g/mol. The van der Waals surface area contributed by atoms with E-state index in [2.05, 4.69) is 32.9 Å². The molecule has 2 heterocycles. The Balaban J connectivity index is 2.17. The van der Waals surface area contributed by atoms with Crippen LogP contribution in [0.2, 0.25) is 0 Å². The number of rotatable bonds is 5. The molecule has 1 saturated heterocycles. The predicted octanol–water partition coefficient (Wildman–Crippen LogP) is 2.89. The van der Waals surface area contributed by atoms with Crippen molar-refractivity contribution in [2.45, 2.75) is 59.2 Å². The highest BCUT2D eigenvalue weighted by Crippen LogP contribution is 2.26. The van der Waals surface area contributed by atoms with Crippen molar-refractivity contribution in [3.05, 3.63) is 15.9 Å². The van der Waals surface area contributed by atoms with Gasteiger partial charge in [-0.25, -0.2) is 0 Å². The third-order valence-electron chi connectivity index (χ3n) is 3.98. The quantitative estimate of drug-likeness (QED) is 0.760. The van der Waals surface area contributed by atoms with Crippen molar-refractivity contribution in [2.75, 3.05) is 13.2 Å². The summed E-state index contributed by atoms with van der Waals surface area (Å²) in [4.78, 5) is 14.4. The normalized spacial score (nSPS) is 19.7. The summed E-state index contributed by atoms with van der Waals surface area (Å²) in [5, 5.41) is 4.53. The summed E-state index contributed by atoms with van der Waals surface area (Å²) in [6.45, 7) is 8.89. The van der Waals surface area contributed by atoms with Crippen molar-refractivity contribution < 1.29 is 9.53 Å². The second-order valence-corrected chi connectivity index (χ2v) is 6.19. The second kappa shape index (κ2) is 7.40. The van der Waals surface area contributed by atoms with Gasteiger partial charge >= 0.3 is 5.97 Å². The third-order valence-corrected chi connectivity index (χ3v) is 5.01. The zero-order chi connectivity index (χ0) is 15.4. The predicted molar refractivity (Wildman–Crippen MR) is 85.0 cm³/mol. The number of aromatic nitrogens is 2. The van der Waals surface area contributed by atoms with Crippen LogP contribution in [0.4, 0.5) is 0 Å². The van der Waals surface area contributed by atoms with E-state index in [0.29, 0.717) is 6.61 Å². The van der Waals surface area contributed by atoms with Gasteiger partial charge in [-0.3, -0.25) is 14.4 Å². The molecule has 0 bridgehead atoms. The van der Waals surface area contributed by atoms with Crippen LogP contribution in [-0.4, -0.2) is 39.8 Å². The van der Waals surface area contributed by atoms with Crippen LogP contribution in [-0.2, 0) is 22.6 Å². The van der Waals surface area contributed by atoms with Gasteiger partial charge in [-0.1, -0.05) is 6.42 Å². The molecular formula is C15H24BrN3O2. The van der Waals surface area contributed by atoms with Gasteiger partial charge in [0, 0.05) is 13.1 Å². The first kappa shape index (κ1) is 16.5. The fourth-order valence-electron chi connectivity index (χ4n) is 2.90. The van der Waals surface area contributed by atoms with Crippen molar-refractivity contribution in [3.8, 4) is 0 Å². The first-order valence-corrected chi connectivity index (χ1v) is 8.50. The molecule has 118 valence electrons. The monoisotopic (exact) mass is 357 g/mol. The Bertz CT molecular complexity index is 501. The number of piperidine rings is 1. The van der Waals surface area contributed by atoms with E-state index in [-0.39, 0.29) is 12.0 Å². The third kappa shape index (κ3) is 3.66. The van der Waals surface area contributed by atoms with E-state index in [0.717, 1.165) is 54.8 Å². The average Bonchev–Trinajstić information content (AvgIpc) is 2.76. The lowest BCUT2D eigenvalue weighted by atomic mass is 10.0. The number of nitrogens with zero attached hydrogens (tertiary/aromatic N) is 3. The fourth-order valence-corrected chi connectivity index (χ4v) is 3.31. The maximum Gasteiger partial charge on any atom is 0.323 e. The standard InChI is InChI=1S/C15H24BrN3O2/c1-4-19-13(14(16)11(3)17-19)10-18-9-7-6-8-12(18)15(20)21-5-2/h12H,4-10H2,1-3H3. The van der Waals surface area contributed by atoms with Gasteiger partial charge in [-0.2, -0.15) is 5.10 Å². The summed E-state index contributed by atoms with van der Waals surface area (Å²) >= 11 is 3.63. The molecule has 1 aromatic heterocycles. The molecule has 1 fully saturated rings. The van der Waals surface area contributed by atoms with E-state index in [1.807, 2.05) is 18.5 Å². The zero-order valence-electron chi connectivity index (χ0n) is 13.1. The zero-order valence-corrected chi connectivity index (χ0v) is 14.6. The molecule has 6 heteroatoms. The number of carbonyl (C=O) groups is 1. The smallest absolute Gasteiger partial charge is 0.323 e. The van der Waals surface area contributed by atoms with E-state index < -0.39 is 0 Å². The van der Waals surface area contributed by atoms with Gasteiger partial charge in [-0.15, -0.1) is 0 Å². The number of aryl methyl sites for hydroxylation is 2. The van der Waals surface area contributed by atoms with Gasteiger partial charge in [0.25, 0.3) is 0 Å². The molecule has 0 aliphatic carbocycles. The maximum atomic E-state index is 12.1. The van der Waals surface area contributed by atoms with Crippen LogP contribution >= 0.6 is 15.9 Å². The summed E-state index contributed by atoms with van der Waals surface area (Å²) in [5.41, 5.74) is 2.14. The number of esters is 1. The molecule has 5 nitrogen and oxygen atoms in total. The van der Waals surface area contributed by atoms with Crippen LogP contribution in [0, 0.1) is 6.92 Å². The van der Waals surface area contributed by atoms with Crippen molar-refractivity contribution in [2.24, 2.45) is 0 Å². The summed E-state index contributed by atoms with van der Waals surface area (Å²) < 4.78 is 8.29. The van der Waals surface area contributed by atoms with Crippen molar-refractivity contribution in [1.82, 2.24) is 14.7 Å². The molecule has 0 aromatic carbocycles. The van der Waals surface area contributed by atoms with Gasteiger partial charge in [0.1, 0.15) is 6.04 Å². The molecule has 1 aliphatic heterocycles. The molecule has 0 amide bonds. The molecule has 1 unspecified atom stereocenters. The summed E-state index contributed by atoms with van der Waals surface area (Å²) in [6.07, 6.45) is 3.11. The molecule has 21 heavy (non-hydrogen) atoms. The summed E-state index contributed by atoms with van der Waals surface area (Å²) in [7, 11) is 0. The summed E-state index contributed by atoms with van der Waals surface area (Å²) in [6, 6.07) is -0.119. The van der Waals surface area contributed by atoms with E-state index in [1.54, 1.807) is 0 Å². The van der Waals surface area contributed by atoms with E-state index in [4.69, 9.17) is 4.74 Å². The lowest BCUT2D eigenvalue weighted by Gasteiger charge is -2.34. The van der Waals surface area contributed by atoms with E-state index in [1.165, 1.54) is 0 Å². The molecule has 0 radical (unpaired) electrons. The maximum absolute atomic E-state index is 12.1. The number of ether oxygens (including phenoxy) is 1. The molecule has 2 rings (SSSR count). The molecular weight excluding hydrogens is 334 g/mol. The van der Waals surface area contributed by atoms with Crippen LogP contribution < -0.4 is 0 Å². The molecule has 0 saturated carbocycles. The highest BCUT2D eigenvalue weighted by atomic mass is 79.9. The molecule has 0 spiro atoms. The van der Waals surface area contributed by atoms with Crippen LogP contribution in [0.15, 0.2) is 4.47 Å². The minimum Gasteiger partial charge on any atom is -0.465 e. The van der Waals surface area contributed by atoms with Gasteiger partial charge in [0.15, 0.2) is 0 Å². The Labute approximate surface area is 134 Å². The fraction of sp³-hybridized carbons (Fsp3) is 0.733. The van der Waals surface area contributed by atoms with Crippen molar-refractivity contribution in [1.29, 1.82) is 0 Å². The number of halogens is 1. The number of likely N-dealkylation sites (tertiary alicyclic amines) is 1. The van der Waals surface area contributed by atoms with Crippen LogP contribution in [0.5, 0.6) is 0 Å². The second-order valence-electron chi connectivity index (χ2n) is 5.40. The van der Waals surface area contributed by atoms with E-state index >= 15 is 0 Å². The van der Waals surface area contributed by atoms with Crippen molar-refractivity contribution >= 4 is 21.9 Å². The summed E-state index contributed by atoms with van der Waals surface area (Å²) in [5.74, 6) is -0.0902. The highest BCUT2D eigenvalue weighted by molar-refractivity contribution is 9.10. The minimum absolute atomic E-state index is 0.0902. The van der Waals surface area contributed by atoms with Gasteiger partial charge < -0.3 is 4.74 Å². The molecule has 0 N–H and O–H groups in total. The topological polar surface area (TPSA) is 47.4 Å². The lowest BCUT2D eigenvalue weighted by molar-refractivity contribution is -0.151. The Kier molecular flexibility index (Phi) is 5.81. The molecule has 1 aliphatic rings.